The fourth-order valence-corrected chi connectivity index (χ4v) is 3.80. The standard InChI is InChI=1S/C19H34Cl2N6.HI/c1-6-22-19(23-12-15-11-16(20)18(21)26(15)5)24-13-17(14(2)3)27-9-7-25(4)8-10-27;/h11,14,17H,6-10,12-13H2,1-5H3,(H2,22,23,24);1H. The van der Waals surface area contributed by atoms with E-state index in [0.717, 1.165) is 50.9 Å². The summed E-state index contributed by atoms with van der Waals surface area (Å²) in [6.45, 7) is 13.4. The molecule has 2 rings (SSSR count). The highest BCUT2D eigenvalue weighted by Gasteiger charge is 2.25. The summed E-state index contributed by atoms with van der Waals surface area (Å²) in [5.74, 6) is 1.40. The van der Waals surface area contributed by atoms with Gasteiger partial charge in [0, 0.05) is 58.1 Å². The molecule has 0 saturated carbocycles. The lowest BCUT2D eigenvalue weighted by atomic mass is 10.0. The highest BCUT2D eigenvalue weighted by atomic mass is 127. The Morgan fingerprint density at radius 2 is 1.79 bits per heavy atom. The zero-order chi connectivity index (χ0) is 20.0. The van der Waals surface area contributed by atoms with Gasteiger partial charge in [-0.1, -0.05) is 37.0 Å². The van der Waals surface area contributed by atoms with Crippen LogP contribution in [0.4, 0.5) is 0 Å². The zero-order valence-corrected chi connectivity index (χ0v) is 21.5. The fourth-order valence-electron chi connectivity index (χ4n) is 3.38. The minimum atomic E-state index is 0. The van der Waals surface area contributed by atoms with Crippen molar-refractivity contribution < 1.29 is 0 Å². The first-order valence-electron chi connectivity index (χ1n) is 9.77. The van der Waals surface area contributed by atoms with Crippen molar-refractivity contribution in [3.05, 3.63) is 21.9 Å². The average molecular weight is 545 g/mol. The SMILES string of the molecule is CCNC(=NCc1cc(Cl)c(Cl)n1C)NCC(C(C)C)N1CCN(C)CC1.I. The second kappa shape index (κ2) is 12.5. The molecule has 1 saturated heterocycles. The molecule has 28 heavy (non-hydrogen) atoms. The van der Waals surface area contributed by atoms with Crippen LogP contribution in [0.2, 0.25) is 10.2 Å². The van der Waals surface area contributed by atoms with E-state index >= 15 is 0 Å². The summed E-state index contributed by atoms with van der Waals surface area (Å²) in [5.41, 5.74) is 0.988. The predicted molar refractivity (Wildman–Crippen MR) is 131 cm³/mol. The molecule has 1 atom stereocenters. The molecule has 2 heterocycles. The average Bonchev–Trinajstić information content (AvgIpc) is 2.87. The lowest BCUT2D eigenvalue weighted by Crippen LogP contribution is -2.55. The molecular formula is C19H35Cl2IN6. The molecule has 2 N–H and O–H groups in total. The molecular weight excluding hydrogens is 510 g/mol. The van der Waals surface area contributed by atoms with E-state index in [-0.39, 0.29) is 24.0 Å². The van der Waals surface area contributed by atoms with E-state index in [4.69, 9.17) is 28.2 Å². The Kier molecular flexibility index (Phi) is 11.5. The van der Waals surface area contributed by atoms with Crippen molar-refractivity contribution in [3.8, 4) is 0 Å². The summed E-state index contributed by atoms with van der Waals surface area (Å²) >= 11 is 12.3. The Morgan fingerprint density at radius 1 is 1.14 bits per heavy atom. The van der Waals surface area contributed by atoms with Crippen LogP contribution in [0.1, 0.15) is 26.5 Å². The van der Waals surface area contributed by atoms with Gasteiger partial charge in [0.1, 0.15) is 5.15 Å². The first kappa shape index (κ1) is 25.8. The number of aromatic nitrogens is 1. The summed E-state index contributed by atoms with van der Waals surface area (Å²) in [5, 5.41) is 7.98. The van der Waals surface area contributed by atoms with Gasteiger partial charge >= 0.3 is 0 Å². The van der Waals surface area contributed by atoms with Crippen molar-refractivity contribution in [1.29, 1.82) is 0 Å². The smallest absolute Gasteiger partial charge is 0.191 e. The molecule has 9 heteroatoms. The molecule has 0 radical (unpaired) electrons. The van der Waals surface area contributed by atoms with Crippen molar-refractivity contribution in [2.75, 3.05) is 46.3 Å². The third-order valence-electron chi connectivity index (χ3n) is 5.21. The van der Waals surface area contributed by atoms with Crippen LogP contribution in [0.5, 0.6) is 0 Å². The number of halogens is 3. The van der Waals surface area contributed by atoms with Gasteiger partial charge in [-0.05, 0) is 26.0 Å². The van der Waals surface area contributed by atoms with Crippen molar-refractivity contribution in [2.45, 2.75) is 33.4 Å². The van der Waals surface area contributed by atoms with E-state index in [2.05, 4.69) is 48.3 Å². The van der Waals surface area contributed by atoms with Crippen LogP contribution in [0, 0.1) is 5.92 Å². The third-order valence-corrected chi connectivity index (χ3v) is 6.06. The Balaban J connectivity index is 0.00000392. The van der Waals surface area contributed by atoms with Crippen molar-refractivity contribution in [1.82, 2.24) is 25.0 Å². The third kappa shape index (κ3) is 7.23. The van der Waals surface area contributed by atoms with Crippen molar-refractivity contribution in [2.24, 2.45) is 18.0 Å². The van der Waals surface area contributed by atoms with Crippen LogP contribution in [0.15, 0.2) is 11.1 Å². The molecule has 162 valence electrons. The maximum absolute atomic E-state index is 6.15. The maximum atomic E-state index is 6.15. The van der Waals surface area contributed by atoms with Crippen LogP contribution in [0.3, 0.4) is 0 Å². The highest BCUT2D eigenvalue weighted by Crippen LogP contribution is 2.25. The van der Waals surface area contributed by atoms with Crippen molar-refractivity contribution >= 4 is 53.1 Å². The minimum Gasteiger partial charge on any atom is -0.357 e. The number of nitrogens with one attached hydrogen (secondary N) is 2. The molecule has 1 aromatic rings. The molecule has 6 nitrogen and oxygen atoms in total. The summed E-state index contributed by atoms with van der Waals surface area (Å²) < 4.78 is 1.87. The second-order valence-electron chi connectivity index (χ2n) is 7.56. The molecule has 1 aromatic heterocycles. The van der Waals surface area contributed by atoms with Gasteiger partial charge in [-0.25, -0.2) is 4.99 Å². The predicted octanol–water partition coefficient (Wildman–Crippen LogP) is 3.28. The number of rotatable bonds is 7. The maximum Gasteiger partial charge on any atom is 0.191 e. The van der Waals surface area contributed by atoms with E-state index < -0.39 is 0 Å². The Hall–Kier alpha value is -0.220. The zero-order valence-electron chi connectivity index (χ0n) is 17.6. The highest BCUT2D eigenvalue weighted by molar-refractivity contribution is 14.0. The lowest BCUT2D eigenvalue weighted by Gasteiger charge is -2.40. The van der Waals surface area contributed by atoms with Gasteiger partial charge in [-0.15, -0.1) is 24.0 Å². The number of piperazine rings is 1. The van der Waals surface area contributed by atoms with E-state index in [9.17, 15) is 0 Å². The monoisotopic (exact) mass is 544 g/mol. The molecule has 1 aliphatic heterocycles. The Bertz CT molecular complexity index is 626. The molecule has 1 fully saturated rings. The Labute approximate surface area is 197 Å². The fraction of sp³-hybridized carbons (Fsp3) is 0.737. The lowest BCUT2D eigenvalue weighted by molar-refractivity contribution is 0.0900. The van der Waals surface area contributed by atoms with Gasteiger partial charge in [0.15, 0.2) is 5.96 Å². The first-order chi connectivity index (χ1) is 12.8. The minimum absolute atomic E-state index is 0. The molecule has 1 unspecified atom stereocenters. The molecule has 0 spiro atoms. The van der Waals surface area contributed by atoms with E-state index in [0.29, 0.717) is 28.7 Å². The molecule has 1 aliphatic rings. The number of likely N-dealkylation sites (N-methyl/N-ethyl adjacent to an activating group) is 1. The van der Waals surface area contributed by atoms with Gasteiger partial charge in [-0.3, -0.25) is 4.90 Å². The number of aliphatic imine (C=N–C) groups is 1. The van der Waals surface area contributed by atoms with Crippen LogP contribution in [-0.2, 0) is 13.6 Å². The molecule has 0 amide bonds. The summed E-state index contributed by atoms with van der Waals surface area (Å²) in [6.07, 6.45) is 0. The van der Waals surface area contributed by atoms with Crippen LogP contribution in [0.25, 0.3) is 0 Å². The second-order valence-corrected chi connectivity index (χ2v) is 8.33. The van der Waals surface area contributed by atoms with Gasteiger partial charge in [0.25, 0.3) is 0 Å². The van der Waals surface area contributed by atoms with Crippen LogP contribution in [-0.4, -0.2) is 72.7 Å². The largest absolute Gasteiger partial charge is 0.357 e. The first-order valence-corrected chi connectivity index (χ1v) is 10.5. The molecule has 0 bridgehead atoms. The summed E-state index contributed by atoms with van der Waals surface area (Å²) in [4.78, 5) is 9.70. The Morgan fingerprint density at radius 3 is 2.29 bits per heavy atom. The van der Waals surface area contributed by atoms with Crippen molar-refractivity contribution in [3.63, 3.8) is 0 Å². The van der Waals surface area contributed by atoms with Gasteiger partial charge < -0.3 is 20.1 Å². The van der Waals surface area contributed by atoms with E-state index in [1.54, 1.807) is 0 Å². The topological polar surface area (TPSA) is 47.8 Å². The van der Waals surface area contributed by atoms with E-state index in [1.807, 2.05) is 17.7 Å². The number of hydrogen-bond donors (Lipinski definition) is 2. The van der Waals surface area contributed by atoms with E-state index in [1.165, 1.54) is 0 Å². The van der Waals surface area contributed by atoms with Gasteiger partial charge in [-0.2, -0.15) is 0 Å². The number of nitrogens with zero attached hydrogens (tertiary/aromatic N) is 4. The number of guanidine groups is 1. The summed E-state index contributed by atoms with van der Waals surface area (Å²) in [6, 6.07) is 2.36. The number of hydrogen-bond acceptors (Lipinski definition) is 3. The molecule has 0 aromatic carbocycles. The molecule has 0 aliphatic carbocycles. The van der Waals surface area contributed by atoms with Crippen LogP contribution < -0.4 is 10.6 Å². The summed E-state index contributed by atoms with van der Waals surface area (Å²) in [7, 11) is 4.10. The van der Waals surface area contributed by atoms with Gasteiger partial charge in [0.05, 0.1) is 11.6 Å². The normalized spacial score (nSPS) is 17.5. The van der Waals surface area contributed by atoms with Crippen LogP contribution >= 0.6 is 47.2 Å². The quantitative estimate of drug-likeness (QED) is 0.314. The van der Waals surface area contributed by atoms with Gasteiger partial charge in [0.2, 0.25) is 0 Å².